The van der Waals surface area contributed by atoms with Gasteiger partial charge in [0.2, 0.25) is 10.0 Å². The molecule has 0 radical (unpaired) electrons. The molecule has 0 aliphatic rings. The third kappa shape index (κ3) is 4.87. The summed E-state index contributed by atoms with van der Waals surface area (Å²) in [6, 6.07) is 6.56. The summed E-state index contributed by atoms with van der Waals surface area (Å²) in [5, 5.41) is 0. The number of hydrogen-bond donors (Lipinski definition) is 0. The molecular formula is C15H24ClNO3S. The lowest BCUT2D eigenvalue weighted by Crippen LogP contribution is -2.36. The first-order valence-corrected chi connectivity index (χ1v) is 9.21. The molecule has 6 heteroatoms. The van der Waals surface area contributed by atoms with Crippen LogP contribution in [0.2, 0.25) is 0 Å². The van der Waals surface area contributed by atoms with Gasteiger partial charge in [-0.2, -0.15) is 4.31 Å². The number of sulfonamides is 1. The van der Waals surface area contributed by atoms with Crippen molar-refractivity contribution < 1.29 is 13.2 Å². The van der Waals surface area contributed by atoms with Gasteiger partial charge in [0.05, 0.1) is 11.5 Å². The molecule has 0 amide bonds. The highest BCUT2D eigenvalue weighted by atomic mass is 35.5. The van der Waals surface area contributed by atoms with Crippen molar-refractivity contribution >= 4 is 21.6 Å². The fourth-order valence-corrected chi connectivity index (χ4v) is 3.73. The van der Waals surface area contributed by atoms with Crippen molar-refractivity contribution in [3.63, 3.8) is 0 Å². The fourth-order valence-electron chi connectivity index (χ4n) is 2.12. The zero-order valence-corrected chi connectivity index (χ0v) is 14.5. The Morgan fingerprint density at radius 3 is 2.24 bits per heavy atom. The molecule has 0 fully saturated rings. The predicted octanol–water partition coefficient (Wildman–Crippen LogP) is 3.50. The quantitative estimate of drug-likeness (QED) is 0.513. The van der Waals surface area contributed by atoms with Crippen LogP contribution in [0.15, 0.2) is 29.2 Å². The van der Waals surface area contributed by atoms with Crippen LogP contribution in [-0.2, 0) is 10.0 Å². The topological polar surface area (TPSA) is 46.6 Å². The molecule has 0 N–H and O–H groups in total. The van der Waals surface area contributed by atoms with Crippen LogP contribution in [0, 0.1) is 0 Å². The number of benzene rings is 1. The van der Waals surface area contributed by atoms with Gasteiger partial charge in [-0.05, 0) is 43.5 Å². The van der Waals surface area contributed by atoms with Gasteiger partial charge < -0.3 is 4.74 Å². The number of nitrogens with zero attached hydrogens (tertiary/aromatic N) is 1. The molecule has 0 saturated heterocycles. The van der Waals surface area contributed by atoms with Crippen LogP contribution >= 0.6 is 11.6 Å². The molecule has 1 aromatic carbocycles. The average molecular weight is 334 g/mol. The van der Waals surface area contributed by atoms with E-state index in [2.05, 4.69) is 0 Å². The molecule has 0 aliphatic carbocycles. The monoisotopic (exact) mass is 333 g/mol. The molecule has 0 unspecified atom stereocenters. The van der Waals surface area contributed by atoms with Gasteiger partial charge in [-0.3, -0.25) is 0 Å². The largest absolute Gasteiger partial charge is 0.494 e. The minimum atomic E-state index is -3.45. The Labute approximate surface area is 133 Å². The van der Waals surface area contributed by atoms with Crippen LogP contribution in [0.4, 0.5) is 0 Å². The number of alkyl halides is 1. The van der Waals surface area contributed by atoms with Gasteiger partial charge in [0.25, 0.3) is 0 Å². The Kier molecular flexibility index (Phi) is 7.49. The highest BCUT2D eigenvalue weighted by molar-refractivity contribution is 7.89. The van der Waals surface area contributed by atoms with Gasteiger partial charge in [-0.15, -0.1) is 11.6 Å². The summed E-state index contributed by atoms with van der Waals surface area (Å²) in [5.41, 5.74) is 0. The SMILES string of the molecule is CCC(CC)N(C)S(=O)(=O)c1ccc(OCCCCl)cc1. The van der Waals surface area contributed by atoms with E-state index >= 15 is 0 Å². The molecule has 0 spiro atoms. The first-order chi connectivity index (χ1) is 9.97. The predicted molar refractivity (Wildman–Crippen MR) is 86.6 cm³/mol. The summed E-state index contributed by atoms with van der Waals surface area (Å²) in [6.07, 6.45) is 2.36. The summed E-state index contributed by atoms with van der Waals surface area (Å²) in [4.78, 5) is 0.293. The Bertz CT molecular complexity index is 512. The molecule has 1 aromatic rings. The lowest BCUT2D eigenvalue weighted by Gasteiger charge is -2.25. The lowest BCUT2D eigenvalue weighted by molar-refractivity contribution is 0.318. The van der Waals surface area contributed by atoms with Crippen molar-refractivity contribution in [2.45, 2.75) is 44.0 Å². The van der Waals surface area contributed by atoms with E-state index < -0.39 is 10.0 Å². The van der Waals surface area contributed by atoms with Crippen LogP contribution in [0.5, 0.6) is 5.75 Å². The summed E-state index contributed by atoms with van der Waals surface area (Å²) in [6.45, 7) is 4.52. The number of rotatable bonds is 9. The van der Waals surface area contributed by atoms with Gasteiger partial charge in [0, 0.05) is 19.0 Å². The molecule has 4 nitrogen and oxygen atoms in total. The van der Waals surface area contributed by atoms with E-state index in [0.717, 1.165) is 19.3 Å². The van der Waals surface area contributed by atoms with Gasteiger partial charge >= 0.3 is 0 Å². The van der Waals surface area contributed by atoms with Crippen LogP contribution in [0.3, 0.4) is 0 Å². The number of ether oxygens (including phenoxy) is 1. The fraction of sp³-hybridized carbons (Fsp3) is 0.600. The van der Waals surface area contributed by atoms with E-state index in [9.17, 15) is 8.42 Å². The maximum Gasteiger partial charge on any atom is 0.243 e. The third-order valence-electron chi connectivity index (χ3n) is 3.50. The average Bonchev–Trinajstić information content (AvgIpc) is 2.49. The Hall–Kier alpha value is -0.780. The third-order valence-corrected chi connectivity index (χ3v) is 5.70. The number of halogens is 1. The van der Waals surface area contributed by atoms with Gasteiger partial charge in [0.1, 0.15) is 5.75 Å². The van der Waals surface area contributed by atoms with Crippen molar-refractivity contribution in [3.05, 3.63) is 24.3 Å². The van der Waals surface area contributed by atoms with E-state index in [1.807, 2.05) is 13.8 Å². The molecule has 0 heterocycles. The van der Waals surface area contributed by atoms with Crippen LogP contribution in [-0.4, -0.2) is 38.3 Å². The minimum absolute atomic E-state index is 0.0228. The van der Waals surface area contributed by atoms with E-state index in [1.165, 1.54) is 4.31 Å². The first kappa shape index (κ1) is 18.3. The first-order valence-electron chi connectivity index (χ1n) is 7.24. The Balaban J connectivity index is 2.84. The second kappa shape index (κ2) is 8.61. The summed E-state index contributed by atoms with van der Waals surface area (Å²) in [5.74, 6) is 1.21. The highest BCUT2D eigenvalue weighted by Crippen LogP contribution is 2.22. The zero-order chi connectivity index (χ0) is 15.9. The molecule has 120 valence electrons. The molecule has 1 rings (SSSR count). The Morgan fingerprint density at radius 1 is 1.19 bits per heavy atom. The molecule has 0 bridgehead atoms. The Morgan fingerprint density at radius 2 is 1.76 bits per heavy atom. The second-order valence-corrected chi connectivity index (χ2v) is 7.23. The standard InChI is InChI=1S/C15H24ClNO3S/c1-4-13(5-2)17(3)21(18,19)15-9-7-14(8-10-15)20-12-6-11-16/h7-10,13H,4-6,11-12H2,1-3H3. The van der Waals surface area contributed by atoms with Crippen LogP contribution in [0.1, 0.15) is 33.1 Å². The molecule has 0 atom stereocenters. The van der Waals surface area contributed by atoms with Crippen molar-refractivity contribution in [1.82, 2.24) is 4.31 Å². The number of hydrogen-bond acceptors (Lipinski definition) is 3. The molecule has 0 saturated carbocycles. The van der Waals surface area contributed by atoms with E-state index in [0.29, 0.717) is 23.1 Å². The van der Waals surface area contributed by atoms with E-state index in [4.69, 9.17) is 16.3 Å². The summed E-state index contributed by atoms with van der Waals surface area (Å²) >= 11 is 5.58. The van der Waals surface area contributed by atoms with Crippen molar-refractivity contribution in [3.8, 4) is 5.75 Å². The summed E-state index contributed by atoms with van der Waals surface area (Å²) < 4.78 is 32.0. The molecule has 0 aliphatic heterocycles. The molecule has 0 aromatic heterocycles. The van der Waals surface area contributed by atoms with Gasteiger partial charge in [-0.1, -0.05) is 13.8 Å². The lowest BCUT2D eigenvalue weighted by atomic mass is 10.2. The van der Waals surface area contributed by atoms with E-state index in [1.54, 1.807) is 31.3 Å². The summed E-state index contributed by atoms with van der Waals surface area (Å²) in [7, 11) is -1.81. The zero-order valence-electron chi connectivity index (χ0n) is 12.9. The van der Waals surface area contributed by atoms with Crippen molar-refractivity contribution in [1.29, 1.82) is 0 Å². The van der Waals surface area contributed by atoms with Crippen molar-refractivity contribution in [2.24, 2.45) is 0 Å². The maximum atomic E-state index is 12.5. The smallest absolute Gasteiger partial charge is 0.243 e. The second-order valence-electron chi connectivity index (χ2n) is 4.85. The molecular weight excluding hydrogens is 310 g/mol. The van der Waals surface area contributed by atoms with Gasteiger partial charge in [-0.25, -0.2) is 8.42 Å². The van der Waals surface area contributed by atoms with Crippen molar-refractivity contribution in [2.75, 3.05) is 19.5 Å². The molecule has 21 heavy (non-hydrogen) atoms. The van der Waals surface area contributed by atoms with Gasteiger partial charge in [0.15, 0.2) is 0 Å². The normalized spacial score (nSPS) is 12.1. The maximum absolute atomic E-state index is 12.5. The van der Waals surface area contributed by atoms with Crippen LogP contribution in [0.25, 0.3) is 0 Å². The highest BCUT2D eigenvalue weighted by Gasteiger charge is 2.25. The van der Waals surface area contributed by atoms with E-state index in [-0.39, 0.29) is 6.04 Å². The van der Waals surface area contributed by atoms with Crippen LogP contribution < -0.4 is 4.74 Å². The minimum Gasteiger partial charge on any atom is -0.494 e.